The number of nitrogens with zero attached hydrogens (tertiary/aromatic N) is 3. The second-order valence-corrected chi connectivity index (χ2v) is 9.78. The van der Waals surface area contributed by atoms with Gasteiger partial charge >= 0.3 is 11.8 Å². The fourth-order valence-electron chi connectivity index (χ4n) is 3.01. The van der Waals surface area contributed by atoms with Gasteiger partial charge in [-0.3, -0.25) is 9.52 Å². The van der Waals surface area contributed by atoms with E-state index in [1.807, 2.05) is 0 Å². The van der Waals surface area contributed by atoms with Crippen LogP contribution >= 0.6 is 22.9 Å². The van der Waals surface area contributed by atoms with Crippen LogP contribution < -0.4 is 9.46 Å². The van der Waals surface area contributed by atoms with Gasteiger partial charge in [-0.25, -0.2) is 8.42 Å². The van der Waals surface area contributed by atoms with Gasteiger partial charge in [-0.15, -0.1) is 11.3 Å². The van der Waals surface area contributed by atoms with Crippen molar-refractivity contribution in [1.29, 1.82) is 0 Å². The highest BCUT2D eigenvalue weighted by Gasteiger charge is 2.26. The Morgan fingerprint density at radius 1 is 1.30 bits per heavy atom. The number of aromatic nitrogens is 2. The van der Waals surface area contributed by atoms with E-state index in [0.29, 0.717) is 29.4 Å². The molecule has 0 saturated carbocycles. The van der Waals surface area contributed by atoms with Crippen molar-refractivity contribution in [3.63, 3.8) is 0 Å². The fourth-order valence-corrected chi connectivity index (χ4v) is 5.40. The quantitative estimate of drug-likeness (QED) is 0.588. The number of thiophene rings is 1. The van der Waals surface area contributed by atoms with Crippen LogP contribution in [0, 0.1) is 0 Å². The number of halogens is 1. The highest BCUT2D eigenvalue weighted by molar-refractivity contribution is 7.94. The fraction of sp³-hybridized carbons (Fsp3) is 0.278. The number of hydrogen-bond acceptors (Lipinski definition) is 8. The molecule has 0 aliphatic carbocycles. The van der Waals surface area contributed by atoms with Crippen LogP contribution in [-0.2, 0) is 10.0 Å². The second kappa shape index (κ2) is 8.25. The van der Waals surface area contributed by atoms with E-state index >= 15 is 0 Å². The number of amides is 1. The van der Waals surface area contributed by atoms with Crippen LogP contribution in [-0.4, -0.2) is 49.6 Å². The maximum atomic E-state index is 12.8. The summed E-state index contributed by atoms with van der Waals surface area (Å²) >= 11 is 6.95. The van der Waals surface area contributed by atoms with E-state index < -0.39 is 10.0 Å². The Morgan fingerprint density at radius 2 is 2.07 bits per heavy atom. The summed E-state index contributed by atoms with van der Waals surface area (Å²) in [5, 5.41) is 5.76. The highest BCUT2D eigenvalue weighted by Crippen LogP contribution is 2.32. The maximum Gasteiger partial charge on any atom is 0.316 e. The van der Waals surface area contributed by atoms with E-state index in [-0.39, 0.29) is 27.5 Å². The van der Waals surface area contributed by atoms with Gasteiger partial charge in [0.05, 0.1) is 12.8 Å². The Morgan fingerprint density at radius 3 is 2.80 bits per heavy atom. The molecule has 3 aromatic rings. The SMILES string of the molecule is COc1ccc(Cl)cc1NS(=O)(=O)c1cc(-c2noc(C(=O)N3CCCC3)n2)cs1. The van der Waals surface area contributed by atoms with Gasteiger partial charge in [-0.1, -0.05) is 16.8 Å². The lowest BCUT2D eigenvalue weighted by Crippen LogP contribution is -2.27. The zero-order chi connectivity index (χ0) is 21.3. The molecule has 4 rings (SSSR count). The number of methoxy groups -OCH3 is 1. The predicted octanol–water partition coefficient (Wildman–Crippen LogP) is 3.50. The van der Waals surface area contributed by atoms with Crippen LogP contribution in [0.25, 0.3) is 11.4 Å². The first kappa shape index (κ1) is 20.6. The molecule has 0 bridgehead atoms. The van der Waals surface area contributed by atoms with Gasteiger partial charge in [-0.2, -0.15) is 4.98 Å². The number of hydrogen-bond donors (Lipinski definition) is 1. The molecule has 1 aliphatic heterocycles. The molecule has 0 unspecified atom stereocenters. The summed E-state index contributed by atoms with van der Waals surface area (Å²) in [6.45, 7) is 1.33. The van der Waals surface area contributed by atoms with E-state index in [1.165, 1.54) is 19.2 Å². The van der Waals surface area contributed by atoms with Crippen molar-refractivity contribution >= 4 is 44.6 Å². The summed E-state index contributed by atoms with van der Waals surface area (Å²) in [6, 6.07) is 6.04. The first-order valence-corrected chi connectivity index (χ1v) is 11.7. The Labute approximate surface area is 181 Å². The Kier molecular flexibility index (Phi) is 5.67. The van der Waals surface area contributed by atoms with Crippen molar-refractivity contribution in [2.45, 2.75) is 17.1 Å². The Bertz CT molecular complexity index is 1180. The molecule has 1 saturated heterocycles. The summed E-state index contributed by atoms with van der Waals surface area (Å²) in [4.78, 5) is 18.1. The second-order valence-electron chi connectivity index (χ2n) is 6.53. The zero-order valence-electron chi connectivity index (χ0n) is 15.8. The zero-order valence-corrected chi connectivity index (χ0v) is 18.2. The summed E-state index contributed by atoms with van der Waals surface area (Å²) in [7, 11) is -2.47. The largest absolute Gasteiger partial charge is 0.495 e. The van der Waals surface area contributed by atoms with Crippen molar-refractivity contribution in [1.82, 2.24) is 15.0 Å². The van der Waals surface area contributed by atoms with Crippen LogP contribution in [0.5, 0.6) is 5.75 Å². The number of anilines is 1. The van der Waals surface area contributed by atoms with Crippen molar-refractivity contribution in [2.24, 2.45) is 0 Å². The standard InChI is InChI=1S/C18H17ClN4O5S2/c1-27-14-5-4-12(19)9-13(14)22-30(25,26)15-8-11(10-29-15)16-20-17(28-21-16)18(24)23-6-2-3-7-23/h4-5,8-10,22H,2-3,6-7H2,1H3. The third kappa shape index (κ3) is 4.13. The van der Waals surface area contributed by atoms with Crippen LogP contribution in [0.4, 0.5) is 5.69 Å². The minimum Gasteiger partial charge on any atom is -0.495 e. The van der Waals surface area contributed by atoms with E-state index in [9.17, 15) is 13.2 Å². The lowest BCUT2D eigenvalue weighted by molar-refractivity contribution is 0.0743. The minimum atomic E-state index is -3.90. The molecular weight excluding hydrogens is 452 g/mol. The molecule has 158 valence electrons. The molecule has 1 aliphatic rings. The first-order chi connectivity index (χ1) is 14.4. The molecule has 0 radical (unpaired) electrons. The molecule has 1 aromatic carbocycles. The number of nitrogens with one attached hydrogen (secondary N) is 1. The molecule has 30 heavy (non-hydrogen) atoms. The molecule has 1 fully saturated rings. The minimum absolute atomic E-state index is 0.0387. The summed E-state index contributed by atoms with van der Waals surface area (Å²) in [5.74, 6) is 0.0620. The number of rotatable bonds is 6. The molecule has 0 atom stereocenters. The van der Waals surface area contributed by atoms with Crippen LogP contribution in [0.3, 0.4) is 0 Å². The van der Waals surface area contributed by atoms with Gasteiger partial charge in [0.25, 0.3) is 10.0 Å². The van der Waals surface area contributed by atoms with E-state index in [0.717, 1.165) is 24.2 Å². The number of carbonyl (C=O) groups excluding carboxylic acids is 1. The average molecular weight is 469 g/mol. The monoisotopic (exact) mass is 468 g/mol. The third-order valence-electron chi connectivity index (χ3n) is 4.51. The molecular formula is C18H17ClN4O5S2. The smallest absolute Gasteiger partial charge is 0.316 e. The maximum absolute atomic E-state index is 12.8. The number of sulfonamides is 1. The molecule has 3 heterocycles. The van der Waals surface area contributed by atoms with Crippen molar-refractivity contribution in [3.8, 4) is 17.1 Å². The van der Waals surface area contributed by atoms with Gasteiger partial charge in [0, 0.05) is 29.1 Å². The van der Waals surface area contributed by atoms with Crippen molar-refractivity contribution in [3.05, 3.63) is 40.6 Å². The number of benzene rings is 1. The number of carbonyl (C=O) groups is 1. The van der Waals surface area contributed by atoms with Gasteiger partial charge in [-0.05, 0) is 37.1 Å². The lowest BCUT2D eigenvalue weighted by atomic mass is 10.3. The van der Waals surface area contributed by atoms with E-state index in [1.54, 1.807) is 22.4 Å². The van der Waals surface area contributed by atoms with Crippen LogP contribution in [0.2, 0.25) is 5.02 Å². The molecule has 0 spiro atoms. The molecule has 2 aromatic heterocycles. The Hall–Kier alpha value is -2.63. The molecule has 1 amide bonds. The summed E-state index contributed by atoms with van der Waals surface area (Å²) < 4.78 is 38.3. The van der Waals surface area contributed by atoms with Gasteiger partial charge in [0.15, 0.2) is 0 Å². The topological polar surface area (TPSA) is 115 Å². The normalized spacial score (nSPS) is 14.1. The summed E-state index contributed by atoms with van der Waals surface area (Å²) in [6.07, 6.45) is 1.89. The average Bonchev–Trinajstić information content (AvgIpc) is 3.48. The lowest BCUT2D eigenvalue weighted by Gasteiger charge is -2.11. The number of ether oxygens (including phenoxy) is 1. The first-order valence-electron chi connectivity index (χ1n) is 8.95. The van der Waals surface area contributed by atoms with Crippen LogP contribution in [0.1, 0.15) is 23.5 Å². The van der Waals surface area contributed by atoms with Gasteiger partial charge in [0.1, 0.15) is 9.96 Å². The third-order valence-corrected chi connectivity index (χ3v) is 7.55. The van der Waals surface area contributed by atoms with E-state index in [4.69, 9.17) is 20.9 Å². The van der Waals surface area contributed by atoms with Crippen LogP contribution in [0.15, 0.2) is 38.4 Å². The molecule has 12 heteroatoms. The number of likely N-dealkylation sites (tertiary alicyclic amines) is 1. The predicted molar refractivity (Wildman–Crippen MR) is 112 cm³/mol. The van der Waals surface area contributed by atoms with Gasteiger partial charge < -0.3 is 14.2 Å². The highest BCUT2D eigenvalue weighted by atomic mass is 35.5. The summed E-state index contributed by atoms with van der Waals surface area (Å²) in [5.41, 5.74) is 0.653. The molecule has 1 N–H and O–H groups in total. The molecule has 9 nitrogen and oxygen atoms in total. The van der Waals surface area contributed by atoms with Gasteiger partial charge in [0.2, 0.25) is 5.82 Å². The van der Waals surface area contributed by atoms with E-state index in [2.05, 4.69) is 14.9 Å². The Balaban J connectivity index is 1.55. The van der Waals surface area contributed by atoms with Crippen molar-refractivity contribution < 1.29 is 22.5 Å². The van der Waals surface area contributed by atoms with Crippen molar-refractivity contribution in [2.75, 3.05) is 24.9 Å².